The summed E-state index contributed by atoms with van der Waals surface area (Å²) < 4.78 is 1.16. The summed E-state index contributed by atoms with van der Waals surface area (Å²) in [6, 6.07) is 0. The number of quaternary nitrogens is 1. The van der Waals surface area contributed by atoms with Crippen LogP contribution in [0.3, 0.4) is 0 Å². The maximum Gasteiger partial charge on any atom is 0.0785 e. The van der Waals surface area contributed by atoms with Crippen molar-refractivity contribution in [2.75, 3.05) is 27.2 Å². The summed E-state index contributed by atoms with van der Waals surface area (Å²) in [5.41, 5.74) is 1.45. The first-order valence-electron chi connectivity index (χ1n) is 6.32. The van der Waals surface area contributed by atoms with Gasteiger partial charge in [-0.3, -0.25) is 0 Å². The first-order valence-corrected chi connectivity index (χ1v) is 6.32. The van der Waals surface area contributed by atoms with Gasteiger partial charge >= 0.3 is 0 Å². The van der Waals surface area contributed by atoms with E-state index in [2.05, 4.69) is 47.9 Å². The third-order valence-corrected chi connectivity index (χ3v) is 3.30. The van der Waals surface area contributed by atoms with Gasteiger partial charge in [0.1, 0.15) is 0 Å². The van der Waals surface area contributed by atoms with Crippen LogP contribution in [0.5, 0.6) is 0 Å². The first kappa shape index (κ1) is 18.8. The summed E-state index contributed by atoms with van der Waals surface area (Å²) >= 11 is 0. The topological polar surface area (TPSA) is 0 Å². The van der Waals surface area contributed by atoms with Crippen molar-refractivity contribution in [3.63, 3.8) is 0 Å². The molecule has 1 nitrogen and oxygen atoms in total. The largest absolute Gasteiger partial charge is 1.00 e. The molecule has 2 heteroatoms. The molecule has 0 heterocycles. The Labute approximate surface area is 120 Å². The molecule has 0 aliphatic carbocycles. The normalized spacial score (nSPS) is 12.9. The Hall–Kier alpha value is 0.430. The van der Waals surface area contributed by atoms with Gasteiger partial charge in [-0.25, -0.2) is 0 Å². The predicted octanol–water partition coefficient (Wildman–Crippen LogP) is 0.859. The van der Waals surface area contributed by atoms with Crippen LogP contribution in [-0.4, -0.2) is 31.7 Å². The van der Waals surface area contributed by atoms with Crippen molar-refractivity contribution in [2.24, 2.45) is 5.92 Å². The maximum absolute atomic E-state index is 2.38. The van der Waals surface area contributed by atoms with E-state index in [0.29, 0.717) is 0 Å². The predicted molar refractivity (Wildman–Crippen MR) is 70.0 cm³/mol. The van der Waals surface area contributed by atoms with Crippen molar-refractivity contribution in [3.05, 3.63) is 11.6 Å². The van der Waals surface area contributed by atoms with E-state index in [4.69, 9.17) is 0 Å². The Kier molecular flexibility index (Phi) is 11.1. The molecule has 0 fully saturated rings. The smallest absolute Gasteiger partial charge is 0.0785 e. The molecule has 0 aromatic rings. The fourth-order valence-corrected chi connectivity index (χ4v) is 1.53. The Morgan fingerprint density at radius 3 is 2.19 bits per heavy atom. The van der Waals surface area contributed by atoms with Gasteiger partial charge in [0.25, 0.3) is 0 Å². The van der Waals surface area contributed by atoms with E-state index in [1.54, 1.807) is 0 Å². The molecule has 16 heavy (non-hydrogen) atoms. The lowest BCUT2D eigenvalue weighted by molar-refractivity contribution is -0.889. The fraction of sp³-hybridized carbons (Fsp3) is 0.857. The molecule has 0 unspecified atom stereocenters. The second-order valence-corrected chi connectivity index (χ2v) is 5.73. The zero-order valence-electron chi connectivity index (χ0n) is 12.0. The number of allylic oxidation sites excluding steroid dienone is 2. The summed E-state index contributed by atoms with van der Waals surface area (Å²) in [5.74, 6) is 0.865. The van der Waals surface area contributed by atoms with E-state index in [-0.39, 0.29) is 24.0 Å². The van der Waals surface area contributed by atoms with Gasteiger partial charge in [0, 0.05) is 0 Å². The fourth-order valence-electron chi connectivity index (χ4n) is 1.53. The molecule has 0 N–H and O–H groups in total. The molecule has 1 atom stereocenters. The van der Waals surface area contributed by atoms with Crippen molar-refractivity contribution in [1.82, 2.24) is 0 Å². The summed E-state index contributed by atoms with van der Waals surface area (Å²) in [6.45, 7) is 11.6. The van der Waals surface area contributed by atoms with E-state index in [9.17, 15) is 0 Å². The van der Waals surface area contributed by atoms with Crippen LogP contribution in [0.1, 0.15) is 47.0 Å². The zero-order valence-corrected chi connectivity index (χ0v) is 14.2. The average molecular weight is 339 g/mol. The highest BCUT2D eigenvalue weighted by atomic mass is 127. The van der Waals surface area contributed by atoms with Gasteiger partial charge < -0.3 is 28.5 Å². The lowest BCUT2D eigenvalue weighted by atomic mass is 10.0. The lowest BCUT2D eigenvalue weighted by Crippen LogP contribution is -3.00. The average Bonchev–Trinajstić information content (AvgIpc) is 2.14. The number of hydrogen-bond acceptors (Lipinski definition) is 0. The number of rotatable bonds is 7. The first-order chi connectivity index (χ1) is 6.87. The summed E-state index contributed by atoms with van der Waals surface area (Å²) in [5, 5.41) is 0. The van der Waals surface area contributed by atoms with Gasteiger partial charge in [0.15, 0.2) is 0 Å². The van der Waals surface area contributed by atoms with Crippen molar-refractivity contribution >= 4 is 0 Å². The second kappa shape index (κ2) is 9.46. The third kappa shape index (κ3) is 10.9. The number of nitrogens with zero attached hydrogens (tertiary/aromatic N) is 1. The van der Waals surface area contributed by atoms with Crippen LogP contribution in [0.4, 0.5) is 0 Å². The highest BCUT2D eigenvalue weighted by Gasteiger charge is 2.13. The molecule has 0 aromatic heterocycles. The molecule has 0 aliphatic heterocycles. The van der Waals surface area contributed by atoms with E-state index in [1.807, 2.05) is 0 Å². The molecule has 0 rings (SSSR count). The Balaban J connectivity index is 0. The minimum atomic E-state index is 0. The molecular formula is C14H30IN. The minimum Gasteiger partial charge on any atom is -1.00 e. The lowest BCUT2D eigenvalue weighted by Gasteiger charge is -2.29. The number of hydrogen-bond donors (Lipinski definition) is 0. The Morgan fingerprint density at radius 1 is 1.19 bits per heavy atom. The van der Waals surface area contributed by atoms with E-state index < -0.39 is 0 Å². The quantitative estimate of drug-likeness (QED) is 0.367. The molecule has 0 spiro atoms. The van der Waals surface area contributed by atoms with Gasteiger partial charge in [0.2, 0.25) is 0 Å². The summed E-state index contributed by atoms with van der Waals surface area (Å²) in [4.78, 5) is 0. The molecular weight excluding hydrogens is 309 g/mol. The van der Waals surface area contributed by atoms with Crippen molar-refractivity contribution in [3.8, 4) is 0 Å². The highest BCUT2D eigenvalue weighted by Crippen LogP contribution is 2.13. The van der Waals surface area contributed by atoms with E-state index in [0.717, 1.165) is 10.4 Å². The van der Waals surface area contributed by atoms with Gasteiger partial charge in [-0.1, -0.05) is 18.6 Å². The van der Waals surface area contributed by atoms with Crippen molar-refractivity contribution in [1.29, 1.82) is 0 Å². The van der Waals surface area contributed by atoms with Gasteiger partial charge in [-0.2, -0.15) is 0 Å². The van der Waals surface area contributed by atoms with E-state index in [1.165, 1.54) is 37.9 Å². The van der Waals surface area contributed by atoms with Crippen LogP contribution >= 0.6 is 0 Å². The minimum absolute atomic E-state index is 0. The van der Waals surface area contributed by atoms with Gasteiger partial charge in [0.05, 0.1) is 27.2 Å². The van der Waals surface area contributed by atoms with Crippen LogP contribution in [0.25, 0.3) is 0 Å². The summed E-state index contributed by atoms with van der Waals surface area (Å²) in [7, 11) is 4.64. The van der Waals surface area contributed by atoms with Crippen molar-refractivity contribution < 1.29 is 28.5 Å². The Bertz CT molecular complexity index is 193. The molecule has 0 aromatic carbocycles. The van der Waals surface area contributed by atoms with Crippen LogP contribution < -0.4 is 24.0 Å². The van der Waals surface area contributed by atoms with Gasteiger partial charge in [-0.15, -0.1) is 0 Å². The molecule has 0 radical (unpaired) electrons. The summed E-state index contributed by atoms with van der Waals surface area (Å²) in [6.07, 6.45) is 6.31. The maximum atomic E-state index is 2.38. The highest BCUT2D eigenvalue weighted by molar-refractivity contribution is 4.92. The van der Waals surface area contributed by atoms with Crippen LogP contribution in [-0.2, 0) is 0 Å². The molecule has 0 saturated heterocycles. The van der Waals surface area contributed by atoms with Gasteiger partial charge in [-0.05, 0) is 46.0 Å². The molecule has 0 saturated carbocycles. The standard InChI is InChI=1S/C14H30N.HI/c1-7-15(5,6)12-11-14(4)10-8-9-13(2)3;/h9,14H,7-8,10-12H2,1-6H3;1H/q+1;/p-1/t14-;/m0./s1. The van der Waals surface area contributed by atoms with E-state index >= 15 is 0 Å². The van der Waals surface area contributed by atoms with Crippen LogP contribution in [0.15, 0.2) is 11.6 Å². The molecule has 98 valence electrons. The number of halogens is 1. The molecule has 0 bridgehead atoms. The van der Waals surface area contributed by atoms with Crippen LogP contribution in [0, 0.1) is 5.92 Å². The molecule has 0 aliphatic rings. The SMILES string of the molecule is CC[N+](C)(C)CC[C@@H](C)CCC=C(C)C.[I-]. The molecule has 0 amide bonds. The third-order valence-electron chi connectivity index (χ3n) is 3.30. The van der Waals surface area contributed by atoms with Crippen molar-refractivity contribution in [2.45, 2.75) is 47.0 Å². The monoisotopic (exact) mass is 339 g/mol. The van der Waals surface area contributed by atoms with Crippen LogP contribution in [0.2, 0.25) is 0 Å². The second-order valence-electron chi connectivity index (χ2n) is 5.73. The Morgan fingerprint density at radius 2 is 1.75 bits per heavy atom. The zero-order chi connectivity index (χ0) is 11.9.